The van der Waals surface area contributed by atoms with Crippen LogP contribution in [0.4, 0.5) is 0 Å². The summed E-state index contributed by atoms with van der Waals surface area (Å²) in [6, 6.07) is 8.45. The van der Waals surface area contributed by atoms with E-state index in [0.717, 1.165) is 12.8 Å². The molecule has 0 fully saturated rings. The molecule has 1 rings (SSSR count). The van der Waals surface area contributed by atoms with Crippen molar-refractivity contribution in [3.05, 3.63) is 42.0 Å². The quantitative estimate of drug-likeness (QED) is 0.839. The molecule has 3 heteroatoms. The topological polar surface area (TPSA) is 54.4 Å². The van der Waals surface area contributed by atoms with Crippen LogP contribution in [0.3, 0.4) is 0 Å². The molecule has 1 aromatic carbocycles. The van der Waals surface area contributed by atoms with E-state index < -0.39 is 0 Å². The zero-order valence-electron chi connectivity index (χ0n) is 13.7. The Morgan fingerprint density at radius 3 is 1.71 bits per heavy atom. The van der Waals surface area contributed by atoms with Crippen LogP contribution in [0.15, 0.2) is 30.8 Å². The number of benzene rings is 1. The average molecular weight is 292 g/mol. The standard InChI is InChI=1S/C10H12.C5H8O2.C3H8O/c1-3-9-5-7-10(4-2)8-6-9;1-4(6)3-5(2)7;1-2-3-4/h3,5-8H,1,4H2,2H3;3H2,1-2H3;4H,2-3H2,1H3. The number of hydrogen-bond acceptors (Lipinski definition) is 3. The summed E-state index contributed by atoms with van der Waals surface area (Å²) >= 11 is 0. The van der Waals surface area contributed by atoms with Crippen LogP contribution in [0.2, 0.25) is 0 Å². The maximum Gasteiger partial charge on any atom is 0.137 e. The van der Waals surface area contributed by atoms with Gasteiger partial charge in [-0.2, -0.15) is 0 Å². The molecule has 1 N–H and O–H groups in total. The molecule has 0 unspecified atom stereocenters. The number of carbonyl (C=O) groups excluding carboxylic acids is 2. The summed E-state index contributed by atoms with van der Waals surface area (Å²) in [6.45, 7) is 10.9. The van der Waals surface area contributed by atoms with E-state index in [-0.39, 0.29) is 18.0 Å². The SMILES string of the molecule is C=Cc1ccc(CC)cc1.CC(=O)CC(C)=O.CCCO. The van der Waals surface area contributed by atoms with Gasteiger partial charge in [-0.05, 0) is 37.8 Å². The number of ketones is 2. The average Bonchev–Trinajstić information content (AvgIpc) is 2.47. The van der Waals surface area contributed by atoms with E-state index in [1.807, 2.05) is 13.0 Å². The number of aryl methyl sites for hydroxylation is 1. The molecule has 0 radical (unpaired) electrons. The second-order valence-corrected chi connectivity index (χ2v) is 4.60. The molecule has 0 aliphatic rings. The van der Waals surface area contributed by atoms with Crippen molar-refractivity contribution in [2.75, 3.05) is 6.61 Å². The Balaban J connectivity index is 0. The van der Waals surface area contributed by atoms with Crippen molar-refractivity contribution in [1.82, 2.24) is 0 Å². The molecule has 0 saturated carbocycles. The Kier molecular flexibility index (Phi) is 15.1. The van der Waals surface area contributed by atoms with E-state index in [1.165, 1.54) is 25.0 Å². The molecule has 0 amide bonds. The van der Waals surface area contributed by atoms with Crippen molar-refractivity contribution < 1.29 is 14.7 Å². The molecule has 0 heterocycles. The second kappa shape index (κ2) is 14.7. The van der Waals surface area contributed by atoms with Crippen molar-refractivity contribution in [2.45, 2.75) is 47.0 Å². The maximum atomic E-state index is 10.0. The lowest BCUT2D eigenvalue weighted by molar-refractivity contribution is -0.124. The third-order valence-corrected chi connectivity index (χ3v) is 2.35. The van der Waals surface area contributed by atoms with Gasteiger partial charge < -0.3 is 5.11 Å². The van der Waals surface area contributed by atoms with Crippen LogP contribution < -0.4 is 0 Å². The molecule has 3 nitrogen and oxygen atoms in total. The number of hydrogen-bond donors (Lipinski definition) is 1. The molecule has 1 aromatic rings. The van der Waals surface area contributed by atoms with Crippen molar-refractivity contribution in [3.8, 4) is 0 Å². The summed E-state index contributed by atoms with van der Waals surface area (Å²) in [5, 5.41) is 7.88. The van der Waals surface area contributed by atoms with E-state index in [0.29, 0.717) is 6.61 Å². The summed E-state index contributed by atoms with van der Waals surface area (Å²) in [6.07, 6.45) is 3.93. The number of carbonyl (C=O) groups is 2. The highest BCUT2D eigenvalue weighted by Gasteiger charge is 1.94. The molecule has 0 aliphatic heterocycles. The Labute approximate surface area is 128 Å². The van der Waals surface area contributed by atoms with E-state index in [1.54, 1.807) is 0 Å². The number of aliphatic hydroxyl groups is 1. The number of aliphatic hydroxyl groups excluding tert-OH is 1. The Hall–Kier alpha value is -1.74. The minimum Gasteiger partial charge on any atom is -0.396 e. The zero-order chi connectivity index (χ0) is 16.7. The molecule has 118 valence electrons. The van der Waals surface area contributed by atoms with E-state index in [9.17, 15) is 9.59 Å². The van der Waals surface area contributed by atoms with Crippen LogP contribution >= 0.6 is 0 Å². The maximum absolute atomic E-state index is 10.0. The fraction of sp³-hybridized carbons (Fsp3) is 0.444. The fourth-order valence-electron chi connectivity index (χ4n) is 1.24. The van der Waals surface area contributed by atoms with Gasteiger partial charge in [-0.15, -0.1) is 0 Å². The minimum atomic E-state index is -0.0625. The van der Waals surface area contributed by atoms with Gasteiger partial charge in [0, 0.05) is 6.61 Å². The third-order valence-electron chi connectivity index (χ3n) is 2.35. The molecule has 0 aliphatic carbocycles. The van der Waals surface area contributed by atoms with Crippen molar-refractivity contribution >= 4 is 17.6 Å². The van der Waals surface area contributed by atoms with Crippen LogP contribution in [-0.2, 0) is 16.0 Å². The highest BCUT2D eigenvalue weighted by molar-refractivity contribution is 5.96. The lowest BCUT2D eigenvalue weighted by atomic mass is 10.1. The first-order chi connectivity index (χ1) is 9.90. The van der Waals surface area contributed by atoms with Gasteiger partial charge in [0.15, 0.2) is 0 Å². The molecule has 0 aromatic heterocycles. The highest BCUT2D eigenvalue weighted by atomic mass is 16.2. The first kappa shape index (κ1) is 21.6. The van der Waals surface area contributed by atoms with Crippen molar-refractivity contribution in [2.24, 2.45) is 0 Å². The Morgan fingerprint density at radius 2 is 1.52 bits per heavy atom. The third kappa shape index (κ3) is 16.2. The van der Waals surface area contributed by atoms with Crippen LogP contribution in [0.1, 0.15) is 51.7 Å². The van der Waals surface area contributed by atoms with E-state index in [4.69, 9.17) is 5.11 Å². The van der Waals surface area contributed by atoms with Crippen LogP contribution in [-0.4, -0.2) is 23.3 Å². The van der Waals surface area contributed by atoms with Crippen LogP contribution in [0.25, 0.3) is 6.08 Å². The normalized spacial score (nSPS) is 8.62. The largest absolute Gasteiger partial charge is 0.396 e. The first-order valence-corrected chi connectivity index (χ1v) is 7.22. The van der Waals surface area contributed by atoms with Gasteiger partial charge in [-0.25, -0.2) is 0 Å². The Morgan fingerprint density at radius 1 is 1.10 bits per heavy atom. The zero-order valence-corrected chi connectivity index (χ0v) is 13.7. The summed E-state index contributed by atoms with van der Waals surface area (Å²) in [5.41, 5.74) is 2.57. The van der Waals surface area contributed by atoms with Crippen molar-refractivity contribution in [3.63, 3.8) is 0 Å². The summed E-state index contributed by atoms with van der Waals surface area (Å²) in [7, 11) is 0. The van der Waals surface area contributed by atoms with E-state index >= 15 is 0 Å². The van der Waals surface area contributed by atoms with Crippen LogP contribution in [0.5, 0.6) is 0 Å². The smallest absolute Gasteiger partial charge is 0.137 e. The Bertz CT molecular complexity index is 391. The predicted molar refractivity (Wildman–Crippen MR) is 89.3 cm³/mol. The lowest BCUT2D eigenvalue weighted by Gasteiger charge is -1.95. The van der Waals surface area contributed by atoms with Crippen LogP contribution in [0, 0.1) is 0 Å². The van der Waals surface area contributed by atoms with E-state index in [2.05, 4.69) is 37.8 Å². The molecule has 0 bridgehead atoms. The monoisotopic (exact) mass is 292 g/mol. The molecule has 0 spiro atoms. The summed E-state index contributed by atoms with van der Waals surface area (Å²) in [5.74, 6) is -0.125. The van der Waals surface area contributed by atoms with Gasteiger partial charge in [0.25, 0.3) is 0 Å². The van der Waals surface area contributed by atoms with Gasteiger partial charge in [0.05, 0.1) is 6.42 Å². The first-order valence-electron chi connectivity index (χ1n) is 7.22. The van der Waals surface area contributed by atoms with Gasteiger partial charge in [0.1, 0.15) is 11.6 Å². The number of Topliss-reactive ketones (excluding diaryl/α,β-unsaturated/α-hetero) is 2. The molecular formula is C18H28O3. The molecule has 21 heavy (non-hydrogen) atoms. The van der Waals surface area contributed by atoms with Gasteiger partial charge in [-0.1, -0.05) is 50.8 Å². The molecule has 0 atom stereocenters. The van der Waals surface area contributed by atoms with Crippen molar-refractivity contribution in [1.29, 1.82) is 0 Å². The summed E-state index contributed by atoms with van der Waals surface area (Å²) < 4.78 is 0. The van der Waals surface area contributed by atoms with Gasteiger partial charge in [-0.3, -0.25) is 9.59 Å². The van der Waals surface area contributed by atoms with Gasteiger partial charge >= 0.3 is 0 Å². The minimum absolute atomic E-state index is 0.0625. The number of rotatable bonds is 5. The molecule has 0 saturated heterocycles. The fourth-order valence-corrected chi connectivity index (χ4v) is 1.24. The lowest BCUT2D eigenvalue weighted by Crippen LogP contribution is -1.97. The highest BCUT2D eigenvalue weighted by Crippen LogP contribution is 2.05. The second-order valence-electron chi connectivity index (χ2n) is 4.60. The molecular weight excluding hydrogens is 264 g/mol. The summed E-state index contributed by atoms with van der Waals surface area (Å²) in [4.78, 5) is 20.1. The van der Waals surface area contributed by atoms with Gasteiger partial charge in [0.2, 0.25) is 0 Å². The predicted octanol–water partition coefficient (Wildman–Crippen LogP) is 3.84.